The number of rotatable bonds is 3. The van der Waals surface area contributed by atoms with Crippen molar-refractivity contribution >= 4 is 17.2 Å². The number of ether oxygens (including phenoxy) is 1. The molecule has 1 saturated heterocycles. The van der Waals surface area contributed by atoms with Crippen LogP contribution in [0.15, 0.2) is 10.7 Å². The fraction of sp³-hybridized carbons (Fsp3) is 0.562. The molecule has 4 rings (SSSR count). The molecule has 1 spiro atoms. The van der Waals surface area contributed by atoms with Gasteiger partial charge < -0.3 is 15.4 Å². The molecule has 128 valence electrons. The summed E-state index contributed by atoms with van der Waals surface area (Å²) < 4.78 is 10.8. The fourth-order valence-electron chi connectivity index (χ4n) is 3.43. The summed E-state index contributed by atoms with van der Waals surface area (Å²) in [5, 5.41) is 13.8. The van der Waals surface area contributed by atoms with Crippen LogP contribution in [0.2, 0.25) is 0 Å². The summed E-state index contributed by atoms with van der Waals surface area (Å²) in [6, 6.07) is 2.02. The Labute approximate surface area is 143 Å². The van der Waals surface area contributed by atoms with Crippen molar-refractivity contribution in [3.05, 3.63) is 32.8 Å². The van der Waals surface area contributed by atoms with E-state index < -0.39 is 0 Å². The van der Waals surface area contributed by atoms with Crippen LogP contribution >= 0.6 is 11.3 Å². The summed E-state index contributed by atoms with van der Waals surface area (Å²) in [6.07, 6.45) is 2.80. The van der Waals surface area contributed by atoms with Gasteiger partial charge in [-0.1, -0.05) is 10.3 Å². The number of hydrogen-bond acceptors (Lipinski definition) is 7. The fourth-order valence-corrected chi connectivity index (χ4v) is 4.58. The van der Waals surface area contributed by atoms with Crippen molar-refractivity contribution in [2.24, 2.45) is 0 Å². The van der Waals surface area contributed by atoms with E-state index >= 15 is 0 Å². The maximum Gasteiger partial charge on any atom is 0.261 e. The van der Waals surface area contributed by atoms with E-state index in [9.17, 15) is 4.79 Å². The molecule has 2 aliphatic heterocycles. The number of piperidine rings is 1. The summed E-state index contributed by atoms with van der Waals surface area (Å²) in [7, 11) is 0. The van der Waals surface area contributed by atoms with Gasteiger partial charge in [-0.15, -0.1) is 11.3 Å². The molecule has 0 radical (unpaired) electrons. The number of aryl methyl sites for hydroxylation is 1. The highest BCUT2D eigenvalue weighted by atomic mass is 32.1. The van der Waals surface area contributed by atoms with Gasteiger partial charge in [-0.05, 0) is 44.5 Å². The SMILES string of the molecule is Cc1nonc1CNC(=O)c1cc2c(s1)CCOC21CCNCC1. The van der Waals surface area contributed by atoms with Crippen LogP contribution in [0.3, 0.4) is 0 Å². The van der Waals surface area contributed by atoms with Crippen LogP contribution in [0.4, 0.5) is 0 Å². The highest BCUT2D eigenvalue weighted by Gasteiger charge is 2.40. The van der Waals surface area contributed by atoms with Gasteiger partial charge in [0.15, 0.2) is 0 Å². The van der Waals surface area contributed by atoms with Crippen LogP contribution < -0.4 is 10.6 Å². The van der Waals surface area contributed by atoms with Crippen LogP contribution in [-0.4, -0.2) is 35.9 Å². The first-order valence-corrected chi connectivity index (χ1v) is 9.04. The number of aromatic nitrogens is 2. The lowest BCUT2D eigenvalue weighted by Gasteiger charge is -2.40. The molecule has 2 aromatic rings. The first-order chi connectivity index (χ1) is 11.7. The van der Waals surface area contributed by atoms with Crippen molar-refractivity contribution < 1.29 is 14.2 Å². The lowest BCUT2D eigenvalue weighted by atomic mass is 9.83. The maximum absolute atomic E-state index is 12.5. The molecule has 2 aromatic heterocycles. The second kappa shape index (κ2) is 6.27. The molecule has 4 heterocycles. The highest BCUT2D eigenvalue weighted by Crippen LogP contribution is 2.43. The molecule has 8 heteroatoms. The Balaban J connectivity index is 1.53. The van der Waals surface area contributed by atoms with E-state index in [1.165, 1.54) is 10.4 Å². The van der Waals surface area contributed by atoms with Gasteiger partial charge in [0, 0.05) is 11.3 Å². The second-order valence-corrected chi connectivity index (χ2v) is 7.41. The number of nitrogens with zero attached hydrogens (tertiary/aromatic N) is 2. The van der Waals surface area contributed by atoms with E-state index in [-0.39, 0.29) is 11.5 Å². The number of carbonyl (C=O) groups excluding carboxylic acids is 1. The van der Waals surface area contributed by atoms with Gasteiger partial charge in [0.25, 0.3) is 5.91 Å². The van der Waals surface area contributed by atoms with Gasteiger partial charge >= 0.3 is 0 Å². The number of amides is 1. The quantitative estimate of drug-likeness (QED) is 0.874. The average Bonchev–Trinajstić information content (AvgIpc) is 3.21. The van der Waals surface area contributed by atoms with Crippen molar-refractivity contribution in [2.75, 3.05) is 19.7 Å². The number of nitrogens with one attached hydrogen (secondary N) is 2. The zero-order valence-corrected chi connectivity index (χ0v) is 14.4. The van der Waals surface area contributed by atoms with E-state index in [0.717, 1.165) is 43.8 Å². The van der Waals surface area contributed by atoms with Crippen molar-refractivity contribution in [3.63, 3.8) is 0 Å². The number of hydrogen-bond donors (Lipinski definition) is 2. The molecular formula is C16H20N4O3S. The Morgan fingerprint density at radius 1 is 1.42 bits per heavy atom. The molecule has 0 atom stereocenters. The summed E-state index contributed by atoms with van der Waals surface area (Å²) in [6.45, 7) is 4.77. The largest absolute Gasteiger partial charge is 0.370 e. The number of fused-ring (bicyclic) bond motifs is 2. The molecule has 7 nitrogen and oxygen atoms in total. The van der Waals surface area contributed by atoms with Gasteiger partial charge in [0.1, 0.15) is 11.4 Å². The maximum atomic E-state index is 12.5. The summed E-state index contributed by atoms with van der Waals surface area (Å²) in [5.41, 5.74) is 2.36. The van der Waals surface area contributed by atoms with Crippen molar-refractivity contribution in [1.82, 2.24) is 20.9 Å². The highest BCUT2D eigenvalue weighted by molar-refractivity contribution is 7.14. The van der Waals surface area contributed by atoms with E-state index in [0.29, 0.717) is 17.9 Å². The Morgan fingerprint density at radius 3 is 3.00 bits per heavy atom. The predicted molar refractivity (Wildman–Crippen MR) is 88.0 cm³/mol. The molecule has 2 aliphatic rings. The predicted octanol–water partition coefficient (Wildman–Crippen LogP) is 1.52. The lowest BCUT2D eigenvalue weighted by molar-refractivity contribution is -0.0792. The molecule has 0 saturated carbocycles. The van der Waals surface area contributed by atoms with Gasteiger partial charge in [-0.3, -0.25) is 4.79 Å². The zero-order chi connectivity index (χ0) is 16.6. The summed E-state index contributed by atoms with van der Waals surface area (Å²) in [4.78, 5) is 14.5. The van der Waals surface area contributed by atoms with Crippen LogP contribution in [-0.2, 0) is 23.3 Å². The molecule has 24 heavy (non-hydrogen) atoms. The third kappa shape index (κ3) is 2.74. The monoisotopic (exact) mass is 348 g/mol. The van der Waals surface area contributed by atoms with Crippen LogP contribution in [0.25, 0.3) is 0 Å². The Kier molecular flexibility index (Phi) is 4.11. The minimum absolute atomic E-state index is 0.0825. The molecule has 0 aliphatic carbocycles. The minimum Gasteiger partial charge on any atom is -0.370 e. The minimum atomic E-state index is -0.208. The molecule has 0 aromatic carbocycles. The zero-order valence-electron chi connectivity index (χ0n) is 13.6. The Bertz CT molecular complexity index is 748. The van der Waals surface area contributed by atoms with Crippen LogP contribution in [0, 0.1) is 6.92 Å². The topological polar surface area (TPSA) is 89.3 Å². The first kappa shape index (κ1) is 15.7. The van der Waals surface area contributed by atoms with Crippen LogP contribution in [0.5, 0.6) is 0 Å². The number of thiophene rings is 1. The van der Waals surface area contributed by atoms with Crippen molar-refractivity contribution in [1.29, 1.82) is 0 Å². The van der Waals surface area contributed by atoms with E-state index in [1.54, 1.807) is 18.3 Å². The molecule has 1 amide bonds. The molecule has 2 N–H and O–H groups in total. The Hall–Kier alpha value is -1.77. The van der Waals surface area contributed by atoms with E-state index in [1.807, 2.05) is 6.07 Å². The average molecular weight is 348 g/mol. The Morgan fingerprint density at radius 2 is 2.25 bits per heavy atom. The number of carbonyl (C=O) groups is 1. The molecule has 0 bridgehead atoms. The molecule has 0 unspecified atom stereocenters. The van der Waals surface area contributed by atoms with Crippen molar-refractivity contribution in [3.8, 4) is 0 Å². The standard InChI is InChI=1S/C16H20N4O3S/c1-10-12(20-23-19-10)9-18-15(21)14-8-11-13(24-14)2-7-22-16(11)3-5-17-6-4-16/h8,17H,2-7,9H2,1H3,(H,18,21). The van der Waals surface area contributed by atoms with E-state index in [4.69, 9.17) is 4.74 Å². The van der Waals surface area contributed by atoms with Gasteiger partial charge in [0.05, 0.1) is 23.6 Å². The second-order valence-electron chi connectivity index (χ2n) is 6.27. The summed E-state index contributed by atoms with van der Waals surface area (Å²) >= 11 is 1.58. The third-order valence-corrected chi connectivity index (χ3v) is 6.00. The lowest BCUT2D eigenvalue weighted by Crippen LogP contribution is -2.44. The first-order valence-electron chi connectivity index (χ1n) is 8.22. The van der Waals surface area contributed by atoms with Gasteiger partial charge in [-0.25, -0.2) is 4.63 Å². The van der Waals surface area contributed by atoms with Crippen LogP contribution in [0.1, 0.15) is 44.3 Å². The summed E-state index contributed by atoms with van der Waals surface area (Å²) in [5.74, 6) is -0.0825. The van der Waals surface area contributed by atoms with E-state index in [2.05, 4.69) is 25.6 Å². The molecular weight excluding hydrogens is 328 g/mol. The van der Waals surface area contributed by atoms with Gasteiger partial charge in [0.2, 0.25) is 0 Å². The van der Waals surface area contributed by atoms with Gasteiger partial charge in [-0.2, -0.15) is 0 Å². The third-order valence-electron chi connectivity index (χ3n) is 4.81. The molecule has 1 fully saturated rings. The smallest absolute Gasteiger partial charge is 0.261 e. The van der Waals surface area contributed by atoms with Crippen molar-refractivity contribution in [2.45, 2.75) is 38.3 Å². The normalized spacial score (nSPS) is 19.2.